The number of aromatic hydroxyl groups is 1. The Hall–Kier alpha value is -2.94. The third-order valence-corrected chi connectivity index (χ3v) is 6.76. The lowest BCUT2D eigenvalue weighted by atomic mass is 9.87. The molecule has 38 heavy (non-hydrogen) atoms. The van der Waals surface area contributed by atoms with Gasteiger partial charge in [-0.3, -0.25) is 9.59 Å². The number of ether oxygens (including phenoxy) is 1. The van der Waals surface area contributed by atoms with Crippen LogP contribution >= 0.6 is 0 Å². The van der Waals surface area contributed by atoms with Gasteiger partial charge in [0.25, 0.3) is 0 Å². The lowest BCUT2D eigenvalue weighted by Crippen LogP contribution is -2.33. The molecule has 1 aliphatic rings. The summed E-state index contributed by atoms with van der Waals surface area (Å²) >= 11 is 0. The third kappa shape index (κ3) is 11.2. The van der Waals surface area contributed by atoms with Crippen LogP contribution in [-0.4, -0.2) is 55.3 Å². The van der Waals surface area contributed by atoms with Crippen molar-refractivity contribution in [3.63, 3.8) is 0 Å². The fraction of sp³-hybridized carbons (Fsp3) is 0.533. The average Bonchev–Trinajstić information content (AvgIpc) is 2.88. The first-order chi connectivity index (χ1) is 18.2. The van der Waals surface area contributed by atoms with E-state index in [0.717, 1.165) is 55.3 Å². The number of allylic oxidation sites excluding steroid dienone is 3. The molecule has 1 aliphatic heterocycles. The Labute approximate surface area is 227 Å². The van der Waals surface area contributed by atoms with Gasteiger partial charge in [-0.25, -0.2) is 0 Å². The van der Waals surface area contributed by atoms with Gasteiger partial charge >= 0.3 is 0 Å². The molecular formula is C30H45N3O5. The molecule has 0 fully saturated rings. The van der Waals surface area contributed by atoms with Crippen LogP contribution in [0.15, 0.2) is 42.1 Å². The van der Waals surface area contributed by atoms with Crippen LogP contribution < -0.4 is 21.1 Å². The molecule has 8 nitrogen and oxygen atoms in total. The molecule has 0 aromatic heterocycles. The number of methoxy groups -OCH3 is 1. The van der Waals surface area contributed by atoms with Crippen molar-refractivity contribution in [1.82, 2.24) is 10.6 Å². The number of ketones is 2. The first-order valence-electron chi connectivity index (χ1n) is 13.5. The van der Waals surface area contributed by atoms with Gasteiger partial charge in [-0.2, -0.15) is 0 Å². The number of hydrogen-bond donors (Lipinski definition) is 5. The Bertz CT molecular complexity index is 1000. The molecule has 0 aliphatic carbocycles. The fourth-order valence-corrected chi connectivity index (χ4v) is 4.84. The Kier molecular flexibility index (Phi) is 13.8. The second-order valence-corrected chi connectivity index (χ2v) is 10.2. The molecule has 0 saturated carbocycles. The molecule has 8 heteroatoms. The highest BCUT2D eigenvalue weighted by Gasteiger charge is 2.15. The largest absolute Gasteiger partial charge is 0.504 e. The predicted octanol–water partition coefficient (Wildman–Crippen LogP) is 3.62. The molecule has 1 heterocycles. The van der Waals surface area contributed by atoms with Crippen LogP contribution in [0.5, 0.6) is 11.5 Å². The van der Waals surface area contributed by atoms with Crippen molar-refractivity contribution in [2.75, 3.05) is 27.3 Å². The quantitative estimate of drug-likeness (QED) is 0.144. The van der Waals surface area contributed by atoms with Gasteiger partial charge in [0.2, 0.25) is 0 Å². The van der Waals surface area contributed by atoms with E-state index in [1.54, 1.807) is 18.2 Å². The molecule has 0 amide bonds. The minimum absolute atomic E-state index is 0.0175. The Balaban J connectivity index is 1.95. The Morgan fingerprint density at radius 2 is 2.03 bits per heavy atom. The Morgan fingerprint density at radius 3 is 2.68 bits per heavy atom. The van der Waals surface area contributed by atoms with E-state index in [1.165, 1.54) is 13.2 Å². The number of phenolic OH excluding ortho intramolecular Hbond substituents is 1. The van der Waals surface area contributed by atoms with Crippen molar-refractivity contribution in [3.05, 3.63) is 53.3 Å². The van der Waals surface area contributed by atoms with Gasteiger partial charge in [0.15, 0.2) is 17.3 Å². The number of aliphatic hydroxyl groups is 1. The molecule has 0 spiro atoms. The molecule has 0 saturated heterocycles. The molecule has 2 rings (SSSR count). The van der Waals surface area contributed by atoms with Gasteiger partial charge in [-0.15, -0.1) is 0 Å². The molecule has 0 bridgehead atoms. The third-order valence-electron chi connectivity index (χ3n) is 6.76. The maximum atomic E-state index is 12.6. The van der Waals surface area contributed by atoms with Crippen molar-refractivity contribution in [2.45, 2.75) is 64.5 Å². The minimum atomic E-state index is -0.253. The molecular weight excluding hydrogens is 482 g/mol. The summed E-state index contributed by atoms with van der Waals surface area (Å²) in [5.74, 6) is 1.02. The lowest BCUT2D eigenvalue weighted by molar-refractivity contribution is -0.124. The van der Waals surface area contributed by atoms with Gasteiger partial charge in [-0.05, 0) is 98.5 Å². The first kappa shape index (κ1) is 31.3. The maximum Gasteiger partial charge on any atom is 0.163 e. The smallest absolute Gasteiger partial charge is 0.163 e. The second-order valence-electron chi connectivity index (χ2n) is 10.2. The van der Waals surface area contributed by atoms with Crippen LogP contribution in [0.3, 0.4) is 0 Å². The standard InChI is InChI=1S/C30H45N3O5/c1-21(19-32-2)14-22(7-5-13-34)6-4-8-26(35)18-27(36)11-10-24-17-29(38-3)28(37)16-25(24)15-23-9-12-30(31)33-20-23/h9-12,16-17,20-22,30,32-34,37H,4-8,13-15,18-19,31H2,1-3H3. The van der Waals surface area contributed by atoms with E-state index in [4.69, 9.17) is 10.5 Å². The highest BCUT2D eigenvalue weighted by Crippen LogP contribution is 2.32. The second kappa shape index (κ2) is 16.8. The van der Waals surface area contributed by atoms with Gasteiger partial charge in [0.05, 0.1) is 19.7 Å². The van der Waals surface area contributed by atoms with Crippen molar-refractivity contribution >= 4 is 17.6 Å². The summed E-state index contributed by atoms with van der Waals surface area (Å²) in [7, 11) is 3.42. The number of phenols is 1. The van der Waals surface area contributed by atoms with E-state index in [1.807, 2.05) is 25.4 Å². The fourth-order valence-electron chi connectivity index (χ4n) is 4.84. The number of hydrogen-bond acceptors (Lipinski definition) is 8. The van der Waals surface area contributed by atoms with Crippen LogP contribution in [0.25, 0.3) is 6.08 Å². The number of nitrogens with one attached hydrogen (secondary N) is 2. The van der Waals surface area contributed by atoms with Gasteiger partial charge in [-0.1, -0.05) is 25.5 Å². The zero-order chi connectivity index (χ0) is 27.9. The average molecular weight is 528 g/mol. The number of carbonyl (C=O) groups excluding carboxylic acids is 2. The molecule has 210 valence electrons. The number of Topliss-reactive ketones (excluding diaryl/α,β-unsaturated/α-hetero) is 1. The summed E-state index contributed by atoms with van der Waals surface area (Å²) in [6, 6.07) is 3.31. The normalized spacial score (nSPS) is 16.7. The minimum Gasteiger partial charge on any atom is -0.504 e. The zero-order valence-corrected chi connectivity index (χ0v) is 23.0. The molecule has 3 unspecified atom stereocenters. The van der Waals surface area contributed by atoms with E-state index in [0.29, 0.717) is 30.4 Å². The number of aliphatic hydroxyl groups excluding tert-OH is 1. The van der Waals surface area contributed by atoms with E-state index in [9.17, 15) is 19.8 Å². The van der Waals surface area contributed by atoms with Crippen LogP contribution in [0.1, 0.15) is 63.0 Å². The predicted molar refractivity (Wildman–Crippen MR) is 152 cm³/mol. The van der Waals surface area contributed by atoms with E-state index < -0.39 is 0 Å². The summed E-state index contributed by atoms with van der Waals surface area (Å²) in [5.41, 5.74) is 8.33. The summed E-state index contributed by atoms with van der Waals surface area (Å²) in [5, 5.41) is 25.7. The molecule has 0 radical (unpaired) electrons. The highest BCUT2D eigenvalue weighted by atomic mass is 16.5. The zero-order valence-electron chi connectivity index (χ0n) is 23.0. The van der Waals surface area contributed by atoms with Crippen molar-refractivity contribution in [3.8, 4) is 11.5 Å². The van der Waals surface area contributed by atoms with Gasteiger partial charge in [0.1, 0.15) is 5.78 Å². The molecule has 1 aromatic carbocycles. The van der Waals surface area contributed by atoms with Crippen molar-refractivity contribution in [1.29, 1.82) is 0 Å². The van der Waals surface area contributed by atoms with Crippen LogP contribution in [0, 0.1) is 11.8 Å². The summed E-state index contributed by atoms with van der Waals surface area (Å²) in [6.07, 6.45) is 13.7. The van der Waals surface area contributed by atoms with Crippen LogP contribution in [0.2, 0.25) is 0 Å². The first-order valence-corrected chi connectivity index (χ1v) is 13.5. The molecule has 3 atom stereocenters. The highest BCUT2D eigenvalue weighted by molar-refractivity contribution is 6.06. The number of rotatable bonds is 18. The SMILES string of the molecule is CNCC(C)CC(CCCO)CCCC(=O)CC(=O)C=Cc1cc(OC)c(O)cc1CC1=CNC(N)C=C1. The van der Waals surface area contributed by atoms with Gasteiger partial charge in [0, 0.05) is 19.2 Å². The summed E-state index contributed by atoms with van der Waals surface area (Å²) < 4.78 is 5.24. The number of carbonyl (C=O) groups is 2. The van der Waals surface area contributed by atoms with Crippen LogP contribution in [-0.2, 0) is 16.0 Å². The van der Waals surface area contributed by atoms with Gasteiger partial charge < -0.3 is 31.3 Å². The van der Waals surface area contributed by atoms with E-state index in [2.05, 4.69) is 17.6 Å². The Morgan fingerprint density at radius 1 is 1.26 bits per heavy atom. The number of dihydropyridines is 1. The molecule has 1 aromatic rings. The van der Waals surface area contributed by atoms with Crippen molar-refractivity contribution < 1.29 is 24.5 Å². The summed E-state index contributed by atoms with van der Waals surface area (Å²) in [6.45, 7) is 3.34. The van der Waals surface area contributed by atoms with E-state index in [-0.39, 0.29) is 36.5 Å². The van der Waals surface area contributed by atoms with Crippen LogP contribution in [0.4, 0.5) is 0 Å². The van der Waals surface area contributed by atoms with Crippen molar-refractivity contribution in [2.24, 2.45) is 17.6 Å². The monoisotopic (exact) mass is 527 g/mol. The maximum absolute atomic E-state index is 12.6. The molecule has 6 N–H and O–H groups in total. The lowest BCUT2D eigenvalue weighted by Gasteiger charge is -2.20. The topological polar surface area (TPSA) is 134 Å². The number of nitrogens with two attached hydrogens (primary N) is 1. The number of benzene rings is 1. The van der Waals surface area contributed by atoms with E-state index >= 15 is 0 Å². The summed E-state index contributed by atoms with van der Waals surface area (Å²) in [4.78, 5) is 25.1.